The summed E-state index contributed by atoms with van der Waals surface area (Å²) >= 11 is 0. The van der Waals surface area contributed by atoms with Crippen LogP contribution in [0.3, 0.4) is 0 Å². The Morgan fingerprint density at radius 2 is 1.61 bits per heavy atom. The van der Waals surface area contributed by atoms with Gasteiger partial charge in [-0.3, -0.25) is 4.79 Å². The molecular weight excluding hydrogens is 358 g/mol. The van der Waals surface area contributed by atoms with E-state index in [-0.39, 0.29) is 39.8 Å². The molecule has 148 valence electrons. The van der Waals surface area contributed by atoms with Crippen molar-refractivity contribution in [3.05, 3.63) is 58.7 Å². The van der Waals surface area contributed by atoms with E-state index >= 15 is 0 Å². The zero-order valence-corrected chi connectivity index (χ0v) is 19.6. The van der Waals surface area contributed by atoms with Crippen LogP contribution >= 0.6 is 8.58 Å². The molecule has 1 unspecified atom stereocenters. The number of benzene rings is 2. The van der Waals surface area contributed by atoms with E-state index in [2.05, 4.69) is 65.8 Å². The van der Waals surface area contributed by atoms with Crippen LogP contribution in [0.4, 0.5) is 0 Å². The van der Waals surface area contributed by atoms with E-state index in [4.69, 9.17) is 4.74 Å². The fourth-order valence-electron chi connectivity index (χ4n) is 3.05. The van der Waals surface area contributed by atoms with Gasteiger partial charge in [-0.1, -0.05) is 64.8 Å². The van der Waals surface area contributed by atoms with Gasteiger partial charge in [0.05, 0.1) is 6.61 Å². The molecule has 0 radical (unpaired) electrons. The van der Waals surface area contributed by atoms with E-state index in [1.165, 1.54) is 18.4 Å². The molecule has 0 spiro atoms. The van der Waals surface area contributed by atoms with Gasteiger partial charge in [-0.05, 0) is 68.4 Å². The van der Waals surface area contributed by atoms with Crippen LogP contribution in [0.15, 0.2) is 36.4 Å². The summed E-state index contributed by atoms with van der Waals surface area (Å²) in [6.45, 7) is 13.7. The van der Waals surface area contributed by atoms with E-state index in [1.54, 1.807) is 0 Å². The molecule has 1 atom stereocenters. The Bertz CT molecular complexity index is 759. The van der Waals surface area contributed by atoms with E-state index in [0.29, 0.717) is 0 Å². The second-order valence-electron chi connectivity index (χ2n) is 8.27. The van der Waals surface area contributed by atoms with Crippen molar-refractivity contribution in [2.45, 2.75) is 66.2 Å². The van der Waals surface area contributed by atoms with Gasteiger partial charge in [0.15, 0.2) is 5.52 Å². The molecule has 2 rings (SSSR count). The number of carbonyl (C=O) groups is 1. The third kappa shape index (κ3) is 7.08. The minimum absolute atomic E-state index is 0. The largest absolute Gasteiger partial charge is 1.00 e. The monoisotopic (exact) mass is 392 g/mol. The van der Waals surface area contributed by atoms with Crippen molar-refractivity contribution >= 4 is 19.4 Å². The van der Waals surface area contributed by atoms with Crippen LogP contribution in [-0.4, -0.2) is 12.1 Å². The second kappa shape index (κ2) is 11.2. The number of unbranched alkanes of at least 4 members (excludes halogenated alkanes) is 2. The Morgan fingerprint density at radius 3 is 2.11 bits per heavy atom. The molecule has 0 N–H and O–H groups in total. The molecule has 0 aromatic heterocycles. The van der Waals surface area contributed by atoms with E-state index in [9.17, 15) is 4.79 Å². The van der Waals surface area contributed by atoms with Gasteiger partial charge in [-0.25, -0.2) is 0 Å². The Kier molecular flexibility index (Phi) is 10.00. The van der Waals surface area contributed by atoms with Crippen LogP contribution in [0, 0.1) is 13.8 Å². The third-order valence-electron chi connectivity index (χ3n) is 4.77. The Hall–Kier alpha value is -1.06. The third-order valence-corrected chi connectivity index (χ3v) is 6.33. The summed E-state index contributed by atoms with van der Waals surface area (Å²) in [4.78, 5) is 12.8. The van der Waals surface area contributed by atoms with Crippen molar-refractivity contribution in [2.75, 3.05) is 6.61 Å². The number of hydrogen-bond acceptors (Lipinski definition) is 2. The molecule has 0 aliphatic carbocycles. The predicted molar refractivity (Wildman–Crippen MR) is 119 cm³/mol. The topological polar surface area (TPSA) is 26.3 Å². The van der Waals surface area contributed by atoms with E-state index in [1.807, 2.05) is 12.1 Å². The van der Waals surface area contributed by atoms with Crippen molar-refractivity contribution in [3.8, 4) is 5.75 Å². The molecule has 0 fully saturated rings. The molecule has 0 bridgehead atoms. The molecule has 0 heterocycles. The van der Waals surface area contributed by atoms with Gasteiger partial charge in [-0.15, -0.1) is 0 Å². The molecule has 0 aliphatic rings. The van der Waals surface area contributed by atoms with Crippen LogP contribution < -0.4 is 28.9 Å². The number of rotatable bonds is 8. The second-order valence-corrected chi connectivity index (χ2v) is 9.47. The average Bonchev–Trinajstić information content (AvgIpc) is 2.61. The zero-order valence-electron chi connectivity index (χ0n) is 19.6. The van der Waals surface area contributed by atoms with Gasteiger partial charge >= 0.3 is 18.9 Å². The average molecular weight is 392 g/mol. The van der Waals surface area contributed by atoms with Gasteiger partial charge in [0.25, 0.3) is 0 Å². The Labute approximate surface area is 186 Å². The summed E-state index contributed by atoms with van der Waals surface area (Å²) in [6.07, 6.45) is 3.47. The van der Waals surface area contributed by atoms with Crippen molar-refractivity contribution in [3.63, 3.8) is 0 Å². The molecule has 28 heavy (non-hydrogen) atoms. The quantitative estimate of drug-likeness (QED) is 0.391. The molecule has 2 nitrogen and oxygen atoms in total. The number of hydrogen-bond donors (Lipinski definition) is 0. The van der Waals surface area contributed by atoms with Gasteiger partial charge in [0, 0.05) is 5.56 Å². The molecule has 0 aliphatic heterocycles. The number of ether oxygens (including phenoxy) is 1. The first kappa shape index (κ1) is 25.0. The first-order chi connectivity index (χ1) is 12.7. The molecule has 0 saturated carbocycles. The summed E-state index contributed by atoms with van der Waals surface area (Å²) in [5.41, 5.74) is 4.61. The zero-order chi connectivity index (χ0) is 20.0. The number of aryl methyl sites for hydroxylation is 2. The molecular formula is C24H34LiO2P. The van der Waals surface area contributed by atoms with Gasteiger partial charge in [0.2, 0.25) is 0 Å². The van der Waals surface area contributed by atoms with Crippen molar-refractivity contribution in [1.29, 1.82) is 0 Å². The van der Waals surface area contributed by atoms with E-state index in [0.717, 1.165) is 40.8 Å². The molecule has 2 aromatic rings. The van der Waals surface area contributed by atoms with Crippen molar-refractivity contribution in [1.82, 2.24) is 0 Å². The Balaban J connectivity index is 0.00000392. The standard InChI is InChI=1S/C24H33O2P.Li.H/c1-7-8-9-14-26-21-15-17(2)22(18(3)16-21)27-23(25)19-10-12-20(13-11-19)24(4,5)6;;/h10-13,15-16,27H,7-9,14H2,1-6H3;;/q;+1;-1. The van der Waals surface area contributed by atoms with Crippen LogP contribution in [0.25, 0.3) is 0 Å². The van der Waals surface area contributed by atoms with Gasteiger partial charge in [-0.2, -0.15) is 0 Å². The smallest absolute Gasteiger partial charge is 1.00 e. The van der Waals surface area contributed by atoms with Gasteiger partial charge < -0.3 is 6.16 Å². The fourth-order valence-corrected chi connectivity index (χ4v) is 4.13. The van der Waals surface area contributed by atoms with Crippen LogP contribution in [0.2, 0.25) is 0 Å². The minimum atomic E-state index is 0. The number of carbonyl (C=O) groups excluding carboxylic acids is 1. The van der Waals surface area contributed by atoms with Crippen molar-refractivity contribution < 1.29 is 29.8 Å². The summed E-state index contributed by atoms with van der Waals surface area (Å²) < 4.78 is 5.88. The van der Waals surface area contributed by atoms with Gasteiger partial charge in [0.1, 0.15) is 5.75 Å². The normalized spacial score (nSPS) is 11.5. The maximum Gasteiger partial charge on any atom is 1.00 e. The van der Waals surface area contributed by atoms with Crippen LogP contribution in [0.5, 0.6) is 5.75 Å². The minimum Gasteiger partial charge on any atom is -1.00 e. The predicted octanol–water partition coefficient (Wildman–Crippen LogP) is 3.43. The fraction of sp³-hybridized carbons (Fsp3) is 0.458. The first-order valence-electron chi connectivity index (χ1n) is 9.88. The molecule has 0 amide bonds. The first-order valence-corrected chi connectivity index (χ1v) is 10.9. The van der Waals surface area contributed by atoms with E-state index < -0.39 is 0 Å². The van der Waals surface area contributed by atoms with Crippen molar-refractivity contribution in [2.24, 2.45) is 0 Å². The summed E-state index contributed by atoms with van der Waals surface area (Å²) in [5.74, 6) is 0.914. The molecule has 0 saturated heterocycles. The molecule has 4 heteroatoms. The molecule has 2 aromatic carbocycles. The maximum atomic E-state index is 12.8. The summed E-state index contributed by atoms with van der Waals surface area (Å²) in [5, 5.41) is 1.14. The van der Waals surface area contributed by atoms with Crippen LogP contribution in [0.1, 0.15) is 75.4 Å². The Morgan fingerprint density at radius 1 is 1.04 bits per heavy atom. The summed E-state index contributed by atoms with van der Waals surface area (Å²) in [7, 11) is 0.141. The maximum absolute atomic E-state index is 12.8. The van der Waals surface area contributed by atoms with Crippen LogP contribution in [-0.2, 0) is 5.41 Å². The summed E-state index contributed by atoms with van der Waals surface area (Å²) in [6, 6.07) is 12.2. The SMILES string of the molecule is CCCCCOc1cc(C)c(PC(=O)c2ccc(C(C)(C)C)cc2)c(C)c1.[H-].[Li+].